The SMILES string of the molecule is Cc1cc(F)cc2c(N3CCN(C(=O)OC(C)(C)C)CC3)c(C#N)cnc12. The van der Waals surface area contributed by atoms with E-state index in [-0.39, 0.29) is 11.9 Å². The van der Waals surface area contributed by atoms with Crippen molar-refractivity contribution in [3.05, 3.63) is 35.3 Å². The highest BCUT2D eigenvalue weighted by molar-refractivity contribution is 5.96. The molecule has 0 unspecified atom stereocenters. The number of piperazine rings is 1. The highest BCUT2D eigenvalue weighted by atomic mass is 19.1. The average Bonchev–Trinajstić information content (AvgIpc) is 2.59. The molecule has 2 aromatic rings. The van der Waals surface area contributed by atoms with Gasteiger partial charge in [0, 0.05) is 37.8 Å². The van der Waals surface area contributed by atoms with Crippen molar-refractivity contribution in [1.29, 1.82) is 5.26 Å². The fourth-order valence-electron chi connectivity index (χ4n) is 3.28. The van der Waals surface area contributed by atoms with Gasteiger partial charge in [0.05, 0.1) is 16.8 Å². The number of anilines is 1. The number of fused-ring (bicyclic) bond motifs is 1. The molecule has 0 bridgehead atoms. The van der Waals surface area contributed by atoms with Gasteiger partial charge in [-0.25, -0.2) is 9.18 Å². The predicted molar refractivity (Wildman–Crippen MR) is 101 cm³/mol. The Hall–Kier alpha value is -2.88. The normalized spacial score (nSPS) is 15.0. The first-order valence-electron chi connectivity index (χ1n) is 8.91. The zero-order chi connectivity index (χ0) is 19.8. The van der Waals surface area contributed by atoms with Gasteiger partial charge in [0.1, 0.15) is 17.5 Å². The Balaban J connectivity index is 1.89. The second-order valence-corrected chi connectivity index (χ2v) is 7.71. The summed E-state index contributed by atoms with van der Waals surface area (Å²) in [6, 6.07) is 5.02. The van der Waals surface area contributed by atoms with Crippen LogP contribution in [0.4, 0.5) is 14.9 Å². The lowest BCUT2D eigenvalue weighted by Crippen LogP contribution is -2.50. The van der Waals surface area contributed by atoms with E-state index in [2.05, 4.69) is 11.1 Å². The lowest BCUT2D eigenvalue weighted by molar-refractivity contribution is 0.0240. The maximum absolute atomic E-state index is 14.0. The van der Waals surface area contributed by atoms with Crippen LogP contribution in [0.2, 0.25) is 0 Å². The Labute approximate surface area is 158 Å². The van der Waals surface area contributed by atoms with E-state index in [4.69, 9.17) is 4.74 Å². The summed E-state index contributed by atoms with van der Waals surface area (Å²) in [5.41, 5.74) is 1.94. The van der Waals surface area contributed by atoms with E-state index < -0.39 is 5.60 Å². The van der Waals surface area contributed by atoms with Crippen LogP contribution in [0.25, 0.3) is 10.9 Å². The first kappa shape index (κ1) is 18.9. The molecule has 1 amide bonds. The zero-order valence-electron chi connectivity index (χ0n) is 16.0. The third-order valence-corrected chi connectivity index (χ3v) is 4.47. The minimum Gasteiger partial charge on any atom is -0.444 e. The van der Waals surface area contributed by atoms with Gasteiger partial charge >= 0.3 is 6.09 Å². The molecule has 1 aliphatic heterocycles. The summed E-state index contributed by atoms with van der Waals surface area (Å²) >= 11 is 0. The lowest BCUT2D eigenvalue weighted by Gasteiger charge is -2.37. The van der Waals surface area contributed by atoms with Crippen molar-refractivity contribution in [2.24, 2.45) is 0 Å². The van der Waals surface area contributed by atoms with E-state index in [9.17, 15) is 14.4 Å². The molecule has 0 radical (unpaired) electrons. The molecule has 6 nitrogen and oxygen atoms in total. The number of aromatic nitrogens is 1. The summed E-state index contributed by atoms with van der Waals surface area (Å²) < 4.78 is 19.4. The molecular formula is C20H23FN4O2. The van der Waals surface area contributed by atoms with Gasteiger partial charge in [0.15, 0.2) is 0 Å². The molecule has 0 saturated carbocycles. The number of amides is 1. The lowest BCUT2D eigenvalue weighted by atomic mass is 10.0. The van der Waals surface area contributed by atoms with Crippen LogP contribution >= 0.6 is 0 Å². The topological polar surface area (TPSA) is 69.5 Å². The molecule has 1 aromatic heterocycles. The first-order chi connectivity index (χ1) is 12.7. The highest BCUT2D eigenvalue weighted by Crippen LogP contribution is 2.32. The molecule has 27 heavy (non-hydrogen) atoms. The molecule has 1 saturated heterocycles. The van der Waals surface area contributed by atoms with Crippen LogP contribution in [-0.4, -0.2) is 47.8 Å². The standard InChI is InChI=1S/C20H23FN4O2/c1-13-9-15(21)10-16-17(13)23-12-14(11-22)18(16)24-5-7-25(8-6-24)19(26)27-20(2,3)4/h9-10,12H,5-8H2,1-4H3. The zero-order valence-corrected chi connectivity index (χ0v) is 16.0. The highest BCUT2D eigenvalue weighted by Gasteiger charge is 2.27. The summed E-state index contributed by atoms with van der Waals surface area (Å²) in [5, 5.41) is 10.1. The van der Waals surface area contributed by atoms with Gasteiger partial charge in [0.2, 0.25) is 0 Å². The monoisotopic (exact) mass is 370 g/mol. The fourth-order valence-corrected chi connectivity index (χ4v) is 3.28. The molecule has 142 valence electrons. The van der Waals surface area contributed by atoms with Gasteiger partial charge in [-0.05, 0) is 45.4 Å². The Kier molecular flexibility index (Phi) is 4.92. The molecule has 1 fully saturated rings. The predicted octanol–water partition coefficient (Wildman–Crippen LogP) is 3.61. The van der Waals surface area contributed by atoms with E-state index in [1.807, 2.05) is 25.7 Å². The Bertz CT molecular complexity index is 922. The van der Waals surface area contributed by atoms with Crippen LogP contribution in [0.15, 0.2) is 18.3 Å². The molecular weight excluding hydrogens is 347 g/mol. The van der Waals surface area contributed by atoms with Crippen molar-refractivity contribution >= 4 is 22.7 Å². The van der Waals surface area contributed by atoms with Crippen LogP contribution in [0, 0.1) is 24.1 Å². The van der Waals surface area contributed by atoms with Crippen LogP contribution in [0.1, 0.15) is 31.9 Å². The molecule has 7 heteroatoms. The summed E-state index contributed by atoms with van der Waals surface area (Å²) in [6.45, 7) is 9.30. The van der Waals surface area contributed by atoms with Crippen molar-refractivity contribution in [2.45, 2.75) is 33.3 Å². The quantitative estimate of drug-likeness (QED) is 0.767. The number of aryl methyl sites for hydroxylation is 1. The maximum Gasteiger partial charge on any atom is 0.410 e. The number of hydrogen-bond donors (Lipinski definition) is 0. The van der Waals surface area contributed by atoms with Gasteiger partial charge in [-0.1, -0.05) is 0 Å². The number of rotatable bonds is 1. The number of ether oxygens (including phenoxy) is 1. The molecule has 1 aliphatic rings. The second kappa shape index (κ2) is 7.03. The van der Waals surface area contributed by atoms with E-state index >= 15 is 0 Å². The summed E-state index contributed by atoms with van der Waals surface area (Å²) in [7, 11) is 0. The molecule has 1 aromatic carbocycles. The van der Waals surface area contributed by atoms with Gasteiger partial charge in [-0.15, -0.1) is 0 Å². The van der Waals surface area contributed by atoms with Crippen LogP contribution in [0.3, 0.4) is 0 Å². The molecule has 0 spiro atoms. The number of nitrogens with zero attached hydrogens (tertiary/aromatic N) is 4. The molecule has 0 aliphatic carbocycles. The first-order valence-corrected chi connectivity index (χ1v) is 8.91. The van der Waals surface area contributed by atoms with Crippen molar-refractivity contribution in [3.8, 4) is 6.07 Å². The largest absolute Gasteiger partial charge is 0.444 e. The van der Waals surface area contributed by atoms with Gasteiger partial charge in [0.25, 0.3) is 0 Å². The number of pyridine rings is 1. The van der Waals surface area contributed by atoms with Crippen LogP contribution in [0.5, 0.6) is 0 Å². The number of carbonyl (C=O) groups excluding carboxylic acids is 1. The van der Waals surface area contributed by atoms with E-state index in [0.29, 0.717) is 48.3 Å². The number of benzene rings is 1. The maximum atomic E-state index is 14.0. The van der Waals surface area contributed by atoms with Crippen molar-refractivity contribution in [1.82, 2.24) is 9.88 Å². The van der Waals surface area contributed by atoms with Gasteiger partial charge in [-0.3, -0.25) is 4.98 Å². The van der Waals surface area contributed by atoms with Crippen LogP contribution in [-0.2, 0) is 4.74 Å². The third kappa shape index (κ3) is 3.95. The Morgan fingerprint density at radius 2 is 1.93 bits per heavy atom. The summed E-state index contributed by atoms with van der Waals surface area (Å²) in [4.78, 5) is 20.3. The molecule has 2 heterocycles. The van der Waals surface area contributed by atoms with Crippen LogP contribution < -0.4 is 4.90 Å². The van der Waals surface area contributed by atoms with Crippen molar-refractivity contribution < 1.29 is 13.9 Å². The summed E-state index contributed by atoms with van der Waals surface area (Å²) in [6.07, 6.45) is 1.19. The Morgan fingerprint density at radius 3 is 2.52 bits per heavy atom. The number of nitriles is 1. The third-order valence-electron chi connectivity index (χ3n) is 4.47. The fraction of sp³-hybridized carbons (Fsp3) is 0.450. The minimum absolute atomic E-state index is 0.343. The minimum atomic E-state index is -0.543. The van der Waals surface area contributed by atoms with Gasteiger partial charge < -0.3 is 14.5 Å². The van der Waals surface area contributed by atoms with E-state index in [1.54, 1.807) is 11.8 Å². The van der Waals surface area contributed by atoms with E-state index in [0.717, 1.165) is 5.56 Å². The van der Waals surface area contributed by atoms with Gasteiger partial charge in [-0.2, -0.15) is 5.26 Å². The van der Waals surface area contributed by atoms with Crippen molar-refractivity contribution in [2.75, 3.05) is 31.1 Å². The molecule has 3 rings (SSSR count). The molecule has 0 N–H and O–H groups in total. The second-order valence-electron chi connectivity index (χ2n) is 7.71. The number of halogens is 1. The summed E-state index contributed by atoms with van der Waals surface area (Å²) in [5.74, 6) is -0.356. The van der Waals surface area contributed by atoms with E-state index in [1.165, 1.54) is 18.3 Å². The molecule has 0 atom stereocenters. The smallest absolute Gasteiger partial charge is 0.410 e. The number of carbonyl (C=O) groups is 1. The van der Waals surface area contributed by atoms with Crippen molar-refractivity contribution in [3.63, 3.8) is 0 Å². The Morgan fingerprint density at radius 1 is 1.26 bits per heavy atom. The number of hydrogen-bond acceptors (Lipinski definition) is 5. The average molecular weight is 370 g/mol.